The van der Waals surface area contributed by atoms with Gasteiger partial charge in [0.15, 0.2) is 0 Å². The Balaban J connectivity index is 0.00000162. The number of nitrogens with one attached hydrogen (secondary N) is 2. The third-order valence-electron chi connectivity index (χ3n) is 2.83. The summed E-state index contributed by atoms with van der Waals surface area (Å²) < 4.78 is 1.16. The van der Waals surface area contributed by atoms with Crippen LogP contribution in [-0.4, -0.2) is 34.8 Å². The second-order valence-electron chi connectivity index (χ2n) is 4.20. The molecule has 1 atom stereocenters. The Morgan fingerprint density at radius 1 is 1.56 bits per heavy atom. The van der Waals surface area contributed by atoms with Crippen molar-refractivity contribution >= 4 is 18.3 Å². The average Bonchev–Trinajstić information content (AvgIpc) is 2.34. The molecule has 100 valence electrons. The van der Waals surface area contributed by atoms with Crippen LogP contribution in [0.2, 0.25) is 0 Å². The van der Waals surface area contributed by atoms with Crippen LogP contribution < -0.4 is 16.2 Å². The van der Waals surface area contributed by atoms with Gasteiger partial charge in [0.25, 0.3) is 11.5 Å². The quantitative estimate of drug-likeness (QED) is 0.774. The molecular formula is C11H17ClN4O2. The smallest absolute Gasteiger partial charge is 0.271 e. The molecule has 1 aromatic rings. The molecule has 0 aliphatic carbocycles. The fourth-order valence-corrected chi connectivity index (χ4v) is 1.86. The van der Waals surface area contributed by atoms with Gasteiger partial charge in [-0.2, -0.15) is 5.10 Å². The Bertz CT molecular complexity index is 468. The Morgan fingerprint density at radius 2 is 2.33 bits per heavy atom. The molecule has 1 fully saturated rings. The van der Waals surface area contributed by atoms with Crippen LogP contribution in [0.5, 0.6) is 0 Å². The predicted molar refractivity (Wildman–Crippen MR) is 70.1 cm³/mol. The van der Waals surface area contributed by atoms with Crippen molar-refractivity contribution in [1.29, 1.82) is 0 Å². The molecule has 0 spiro atoms. The molecule has 0 aromatic carbocycles. The molecule has 2 heterocycles. The van der Waals surface area contributed by atoms with Gasteiger partial charge < -0.3 is 10.6 Å². The number of rotatable bonds is 2. The summed E-state index contributed by atoms with van der Waals surface area (Å²) in [5.74, 6) is -0.227. The topological polar surface area (TPSA) is 76.0 Å². The zero-order valence-electron chi connectivity index (χ0n) is 10.2. The number of halogens is 1. The zero-order chi connectivity index (χ0) is 12.3. The molecule has 2 rings (SSSR count). The van der Waals surface area contributed by atoms with E-state index >= 15 is 0 Å². The van der Waals surface area contributed by atoms with Crippen LogP contribution in [-0.2, 0) is 7.05 Å². The van der Waals surface area contributed by atoms with Crippen molar-refractivity contribution in [3.05, 3.63) is 28.2 Å². The molecule has 18 heavy (non-hydrogen) atoms. The molecule has 1 aliphatic rings. The van der Waals surface area contributed by atoms with E-state index in [2.05, 4.69) is 15.7 Å². The number of piperidine rings is 1. The monoisotopic (exact) mass is 272 g/mol. The summed E-state index contributed by atoms with van der Waals surface area (Å²) in [6.45, 7) is 1.79. The summed E-state index contributed by atoms with van der Waals surface area (Å²) in [7, 11) is 1.53. The number of carbonyl (C=O) groups is 1. The fourth-order valence-electron chi connectivity index (χ4n) is 1.86. The zero-order valence-corrected chi connectivity index (χ0v) is 11.0. The molecule has 1 aliphatic heterocycles. The van der Waals surface area contributed by atoms with E-state index in [0.29, 0.717) is 0 Å². The highest BCUT2D eigenvalue weighted by Gasteiger charge is 2.17. The number of hydrogen-bond donors (Lipinski definition) is 2. The van der Waals surface area contributed by atoms with E-state index in [4.69, 9.17) is 0 Å². The van der Waals surface area contributed by atoms with Crippen molar-refractivity contribution in [2.24, 2.45) is 7.05 Å². The van der Waals surface area contributed by atoms with Gasteiger partial charge in [0.1, 0.15) is 5.69 Å². The Labute approximate surface area is 111 Å². The van der Waals surface area contributed by atoms with Crippen molar-refractivity contribution in [3.8, 4) is 0 Å². The first kappa shape index (κ1) is 14.7. The minimum absolute atomic E-state index is 0. The van der Waals surface area contributed by atoms with Crippen molar-refractivity contribution in [2.75, 3.05) is 13.1 Å². The molecule has 7 heteroatoms. The van der Waals surface area contributed by atoms with Gasteiger partial charge in [0.05, 0.1) is 0 Å². The normalized spacial score (nSPS) is 18.8. The van der Waals surface area contributed by atoms with Crippen LogP contribution in [0.4, 0.5) is 0 Å². The highest BCUT2D eigenvalue weighted by atomic mass is 35.5. The second kappa shape index (κ2) is 6.51. The van der Waals surface area contributed by atoms with E-state index in [1.54, 1.807) is 0 Å². The summed E-state index contributed by atoms with van der Waals surface area (Å²) in [6.07, 6.45) is 2.04. The van der Waals surface area contributed by atoms with Gasteiger partial charge in [0, 0.05) is 25.7 Å². The van der Waals surface area contributed by atoms with E-state index in [1.807, 2.05) is 0 Å². The van der Waals surface area contributed by atoms with Gasteiger partial charge in [-0.15, -0.1) is 12.4 Å². The molecule has 1 amide bonds. The third kappa shape index (κ3) is 3.54. The molecule has 1 saturated heterocycles. The molecule has 0 saturated carbocycles. The fraction of sp³-hybridized carbons (Fsp3) is 0.545. The van der Waals surface area contributed by atoms with Crippen molar-refractivity contribution in [2.45, 2.75) is 18.9 Å². The number of carbonyl (C=O) groups excluding carboxylic acids is 1. The lowest BCUT2D eigenvalue weighted by atomic mass is 10.1. The second-order valence-corrected chi connectivity index (χ2v) is 4.20. The predicted octanol–water partition coefficient (Wildman–Crippen LogP) is -0.316. The van der Waals surface area contributed by atoms with Crippen LogP contribution in [0.1, 0.15) is 23.3 Å². The van der Waals surface area contributed by atoms with Gasteiger partial charge in [-0.25, -0.2) is 4.68 Å². The summed E-state index contributed by atoms with van der Waals surface area (Å²) in [4.78, 5) is 23.0. The standard InChI is InChI=1S/C11H16N4O2.ClH/c1-15-10(16)5-4-9(14-15)11(17)13-8-3-2-6-12-7-8;/h4-5,8,12H,2-3,6-7H2,1H3,(H,13,17);1H/t8-;/m0./s1. The lowest BCUT2D eigenvalue weighted by molar-refractivity contribution is 0.0923. The maximum absolute atomic E-state index is 11.9. The van der Waals surface area contributed by atoms with E-state index in [9.17, 15) is 9.59 Å². The number of hydrogen-bond acceptors (Lipinski definition) is 4. The molecule has 0 bridgehead atoms. The summed E-state index contributed by atoms with van der Waals surface area (Å²) in [5.41, 5.74) is 0.0542. The van der Waals surface area contributed by atoms with Crippen LogP contribution >= 0.6 is 12.4 Å². The third-order valence-corrected chi connectivity index (χ3v) is 2.83. The Kier molecular flexibility index (Phi) is 5.30. The van der Waals surface area contributed by atoms with Crippen molar-refractivity contribution in [3.63, 3.8) is 0 Å². The maximum atomic E-state index is 11.9. The largest absolute Gasteiger partial charge is 0.347 e. The van der Waals surface area contributed by atoms with Crippen molar-refractivity contribution in [1.82, 2.24) is 20.4 Å². The average molecular weight is 273 g/mol. The van der Waals surface area contributed by atoms with Gasteiger partial charge in [0.2, 0.25) is 0 Å². The number of aromatic nitrogens is 2. The molecule has 2 N–H and O–H groups in total. The summed E-state index contributed by atoms with van der Waals surface area (Å²) in [6, 6.07) is 2.95. The van der Waals surface area contributed by atoms with Gasteiger partial charge in [-0.3, -0.25) is 9.59 Å². The molecule has 1 aromatic heterocycles. The first-order valence-corrected chi connectivity index (χ1v) is 5.73. The van der Waals surface area contributed by atoms with E-state index < -0.39 is 0 Å². The minimum atomic E-state index is -0.227. The number of aryl methyl sites for hydroxylation is 1. The lowest BCUT2D eigenvalue weighted by Gasteiger charge is -2.23. The highest BCUT2D eigenvalue weighted by Crippen LogP contribution is 2.02. The van der Waals surface area contributed by atoms with Gasteiger partial charge >= 0.3 is 0 Å². The van der Waals surface area contributed by atoms with E-state index in [0.717, 1.165) is 30.6 Å². The van der Waals surface area contributed by atoms with Gasteiger partial charge in [-0.1, -0.05) is 0 Å². The number of amides is 1. The molecule has 0 radical (unpaired) electrons. The Hall–Kier alpha value is -1.40. The number of nitrogens with zero attached hydrogens (tertiary/aromatic N) is 2. The lowest BCUT2D eigenvalue weighted by Crippen LogP contribution is -2.46. The molecule has 0 unspecified atom stereocenters. The van der Waals surface area contributed by atoms with Crippen LogP contribution in [0.15, 0.2) is 16.9 Å². The first-order chi connectivity index (χ1) is 8.16. The molecule has 6 nitrogen and oxygen atoms in total. The Morgan fingerprint density at radius 3 is 2.94 bits per heavy atom. The highest BCUT2D eigenvalue weighted by molar-refractivity contribution is 5.92. The van der Waals surface area contributed by atoms with Crippen LogP contribution in [0, 0.1) is 0 Å². The maximum Gasteiger partial charge on any atom is 0.271 e. The first-order valence-electron chi connectivity index (χ1n) is 5.73. The van der Waals surface area contributed by atoms with Crippen molar-refractivity contribution < 1.29 is 4.79 Å². The van der Waals surface area contributed by atoms with Gasteiger partial charge in [-0.05, 0) is 25.5 Å². The summed E-state index contributed by atoms with van der Waals surface area (Å²) >= 11 is 0. The molecular weight excluding hydrogens is 256 g/mol. The SMILES string of the molecule is Cl.Cn1nc(C(=O)N[C@H]2CCCNC2)ccc1=O. The van der Waals surface area contributed by atoms with E-state index in [-0.39, 0.29) is 35.6 Å². The van der Waals surface area contributed by atoms with Crippen LogP contribution in [0.25, 0.3) is 0 Å². The summed E-state index contributed by atoms with van der Waals surface area (Å²) in [5, 5.41) is 10.0. The minimum Gasteiger partial charge on any atom is -0.347 e. The van der Waals surface area contributed by atoms with Crippen LogP contribution in [0.3, 0.4) is 0 Å². The van der Waals surface area contributed by atoms with E-state index in [1.165, 1.54) is 19.2 Å².